The van der Waals surface area contributed by atoms with Gasteiger partial charge in [-0.1, -0.05) is 48.0 Å². The Balaban J connectivity index is 1.50. The molecule has 1 aliphatic rings. The van der Waals surface area contributed by atoms with Crippen molar-refractivity contribution < 1.29 is 17.9 Å². The Morgan fingerprint density at radius 2 is 1.85 bits per heavy atom. The molecule has 1 aliphatic heterocycles. The van der Waals surface area contributed by atoms with Gasteiger partial charge in [0.1, 0.15) is 11.8 Å². The molecule has 2 heterocycles. The van der Waals surface area contributed by atoms with Gasteiger partial charge in [-0.2, -0.15) is 0 Å². The number of carbonyl (C=O) groups is 1. The highest BCUT2D eigenvalue weighted by molar-refractivity contribution is 7.88. The third kappa shape index (κ3) is 5.28. The van der Waals surface area contributed by atoms with Crippen molar-refractivity contribution in [3.05, 3.63) is 64.9 Å². The van der Waals surface area contributed by atoms with Gasteiger partial charge in [-0.05, 0) is 24.5 Å². The van der Waals surface area contributed by atoms with Crippen molar-refractivity contribution in [2.75, 3.05) is 13.1 Å². The Morgan fingerprint density at radius 3 is 2.52 bits per heavy atom. The summed E-state index contributed by atoms with van der Waals surface area (Å²) in [5, 5.41) is 0.312. The average Bonchev–Trinajstić information content (AvgIpc) is 2.68. The second-order valence-corrected chi connectivity index (χ2v) is 8.80. The van der Waals surface area contributed by atoms with Gasteiger partial charge in [-0.25, -0.2) is 17.7 Å². The number of hydrogen-bond donors (Lipinski definition) is 0. The Labute approximate surface area is 164 Å². The zero-order valence-electron chi connectivity index (χ0n) is 14.8. The average molecular weight is 409 g/mol. The van der Waals surface area contributed by atoms with Crippen LogP contribution in [0.1, 0.15) is 24.0 Å². The van der Waals surface area contributed by atoms with Crippen LogP contribution in [0, 0.1) is 5.92 Å². The quantitative estimate of drug-likeness (QED) is 0.542. The van der Waals surface area contributed by atoms with Crippen molar-refractivity contribution in [3.8, 4) is 0 Å². The van der Waals surface area contributed by atoms with Crippen LogP contribution in [0.4, 0.5) is 0 Å². The number of hydrogen-bond acceptors (Lipinski definition) is 5. The van der Waals surface area contributed by atoms with Crippen LogP contribution in [-0.2, 0) is 31.9 Å². The van der Waals surface area contributed by atoms with E-state index in [0.29, 0.717) is 36.6 Å². The second kappa shape index (κ2) is 8.82. The van der Waals surface area contributed by atoms with E-state index in [1.54, 1.807) is 30.5 Å². The molecular weight excluding hydrogens is 388 g/mol. The van der Waals surface area contributed by atoms with Crippen molar-refractivity contribution in [1.82, 2.24) is 9.29 Å². The van der Waals surface area contributed by atoms with Gasteiger partial charge in [0.15, 0.2) is 0 Å². The predicted molar refractivity (Wildman–Crippen MR) is 102 cm³/mol. The van der Waals surface area contributed by atoms with Gasteiger partial charge in [0.05, 0.1) is 11.7 Å². The van der Waals surface area contributed by atoms with E-state index in [4.69, 9.17) is 16.3 Å². The lowest BCUT2D eigenvalue weighted by Crippen LogP contribution is -2.41. The van der Waals surface area contributed by atoms with Crippen LogP contribution < -0.4 is 0 Å². The van der Waals surface area contributed by atoms with Crippen molar-refractivity contribution >= 4 is 27.6 Å². The summed E-state index contributed by atoms with van der Waals surface area (Å²) in [7, 11) is -3.39. The lowest BCUT2D eigenvalue weighted by atomic mass is 9.98. The smallest absolute Gasteiger partial charge is 0.309 e. The molecular formula is C19H21ClN2O4S. The van der Waals surface area contributed by atoms with E-state index < -0.39 is 10.0 Å². The number of sulfonamides is 1. The molecule has 27 heavy (non-hydrogen) atoms. The fourth-order valence-electron chi connectivity index (χ4n) is 3.04. The summed E-state index contributed by atoms with van der Waals surface area (Å²) < 4.78 is 31.9. The van der Waals surface area contributed by atoms with Gasteiger partial charge in [0, 0.05) is 24.8 Å². The molecule has 1 saturated heterocycles. The zero-order valence-corrected chi connectivity index (χ0v) is 16.3. The SMILES string of the molecule is O=C(OCc1cccnc1Cl)C1CCN(S(=O)(=O)Cc2ccccc2)CC1. The number of halogens is 1. The fraction of sp³-hybridized carbons (Fsp3) is 0.368. The molecule has 144 valence electrons. The van der Waals surface area contributed by atoms with Crippen molar-refractivity contribution in [2.45, 2.75) is 25.2 Å². The number of rotatable bonds is 6. The van der Waals surface area contributed by atoms with Gasteiger partial charge in [0.25, 0.3) is 0 Å². The number of aromatic nitrogens is 1. The highest BCUT2D eigenvalue weighted by Crippen LogP contribution is 2.23. The first kappa shape index (κ1) is 19.8. The van der Waals surface area contributed by atoms with Crippen molar-refractivity contribution in [1.29, 1.82) is 0 Å². The molecule has 1 fully saturated rings. The number of ether oxygens (including phenoxy) is 1. The molecule has 6 nitrogen and oxygen atoms in total. The van der Waals surface area contributed by atoms with Crippen LogP contribution in [0.5, 0.6) is 0 Å². The van der Waals surface area contributed by atoms with Crippen LogP contribution >= 0.6 is 11.6 Å². The molecule has 3 rings (SSSR count). The van der Waals surface area contributed by atoms with Gasteiger partial charge in [0.2, 0.25) is 10.0 Å². The summed E-state index contributed by atoms with van der Waals surface area (Å²) in [6.45, 7) is 0.711. The van der Waals surface area contributed by atoms with E-state index in [1.807, 2.05) is 18.2 Å². The first-order valence-electron chi connectivity index (χ1n) is 8.73. The maximum Gasteiger partial charge on any atom is 0.309 e. The van der Waals surface area contributed by atoms with Crippen LogP contribution in [0.25, 0.3) is 0 Å². The molecule has 0 spiro atoms. The first-order chi connectivity index (χ1) is 13.0. The van der Waals surface area contributed by atoms with E-state index >= 15 is 0 Å². The molecule has 0 amide bonds. The van der Waals surface area contributed by atoms with E-state index in [1.165, 1.54) is 4.31 Å². The van der Waals surface area contributed by atoms with Crippen molar-refractivity contribution in [2.24, 2.45) is 5.92 Å². The van der Waals surface area contributed by atoms with E-state index in [-0.39, 0.29) is 24.2 Å². The van der Waals surface area contributed by atoms with Crippen molar-refractivity contribution in [3.63, 3.8) is 0 Å². The standard InChI is InChI=1S/C19H21ClN2O4S/c20-18-17(7-4-10-21-18)13-26-19(23)16-8-11-22(12-9-16)27(24,25)14-15-5-2-1-3-6-15/h1-7,10,16H,8-9,11-14H2. The van der Waals surface area contributed by atoms with Crippen LogP contribution in [0.15, 0.2) is 48.7 Å². The Morgan fingerprint density at radius 1 is 1.15 bits per heavy atom. The molecule has 1 aromatic carbocycles. The van der Waals surface area contributed by atoms with Crippen LogP contribution in [0.2, 0.25) is 5.15 Å². The maximum absolute atomic E-state index is 12.6. The van der Waals surface area contributed by atoms with E-state index in [0.717, 1.165) is 5.56 Å². The molecule has 1 aromatic heterocycles. The highest BCUT2D eigenvalue weighted by atomic mass is 35.5. The van der Waals surface area contributed by atoms with E-state index in [9.17, 15) is 13.2 Å². The Kier molecular flexibility index (Phi) is 6.46. The number of pyridine rings is 1. The molecule has 0 bridgehead atoms. The topological polar surface area (TPSA) is 76.6 Å². The second-order valence-electron chi connectivity index (χ2n) is 6.48. The minimum absolute atomic E-state index is 0.0253. The molecule has 0 N–H and O–H groups in total. The first-order valence-corrected chi connectivity index (χ1v) is 10.7. The molecule has 0 aliphatic carbocycles. The largest absolute Gasteiger partial charge is 0.460 e. The minimum Gasteiger partial charge on any atom is -0.460 e. The third-order valence-electron chi connectivity index (χ3n) is 4.58. The maximum atomic E-state index is 12.6. The summed E-state index contributed by atoms with van der Waals surface area (Å²) in [6, 6.07) is 12.6. The Hall–Kier alpha value is -1.96. The molecule has 0 unspecified atom stereocenters. The monoisotopic (exact) mass is 408 g/mol. The molecule has 0 saturated carbocycles. The molecule has 8 heteroatoms. The fourth-order valence-corrected chi connectivity index (χ4v) is 4.78. The zero-order chi connectivity index (χ0) is 19.3. The summed E-state index contributed by atoms with van der Waals surface area (Å²) in [6.07, 6.45) is 2.47. The lowest BCUT2D eigenvalue weighted by Gasteiger charge is -2.30. The van der Waals surface area contributed by atoms with Gasteiger partial charge in [-0.15, -0.1) is 0 Å². The van der Waals surface area contributed by atoms with Crippen LogP contribution in [0.3, 0.4) is 0 Å². The number of carbonyl (C=O) groups excluding carboxylic acids is 1. The highest BCUT2D eigenvalue weighted by Gasteiger charge is 2.32. The van der Waals surface area contributed by atoms with E-state index in [2.05, 4.69) is 4.98 Å². The number of piperidine rings is 1. The normalized spacial score (nSPS) is 16.2. The molecule has 0 radical (unpaired) electrons. The number of nitrogens with zero attached hydrogens (tertiary/aromatic N) is 2. The lowest BCUT2D eigenvalue weighted by molar-refractivity contribution is -0.151. The summed E-state index contributed by atoms with van der Waals surface area (Å²) in [4.78, 5) is 16.2. The summed E-state index contributed by atoms with van der Waals surface area (Å²) in [5.41, 5.74) is 1.41. The Bertz CT molecular complexity index is 882. The summed E-state index contributed by atoms with van der Waals surface area (Å²) >= 11 is 5.95. The summed E-state index contributed by atoms with van der Waals surface area (Å²) in [5.74, 6) is -0.652. The predicted octanol–water partition coefficient (Wildman–Crippen LogP) is 3.02. The van der Waals surface area contributed by atoms with Crippen LogP contribution in [-0.4, -0.2) is 36.8 Å². The van der Waals surface area contributed by atoms with Gasteiger partial charge >= 0.3 is 5.97 Å². The molecule has 0 atom stereocenters. The van der Waals surface area contributed by atoms with Gasteiger partial charge < -0.3 is 4.74 Å². The van der Waals surface area contributed by atoms with Gasteiger partial charge in [-0.3, -0.25) is 4.79 Å². The minimum atomic E-state index is -3.39. The molecule has 2 aromatic rings. The third-order valence-corrected chi connectivity index (χ3v) is 6.77. The number of benzene rings is 1. The number of esters is 1.